The monoisotopic (exact) mass is 207 g/mol. The van der Waals surface area contributed by atoms with Crippen LogP contribution in [0.25, 0.3) is 0 Å². The number of hydrogen-bond donors (Lipinski definition) is 0. The normalized spacial score (nSPS) is 52.8. The molecule has 1 heteroatoms. The Kier molecular flexibility index (Phi) is 2.03. The fraction of sp³-hybridized carbons (Fsp3) is 1.00. The molecule has 0 saturated heterocycles. The van der Waals surface area contributed by atoms with Gasteiger partial charge in [0.1, 0.15) is 0 Å². The molecule has 0 amide bonds. The molecule has 1 nitrogen and oxygen atoms in total. The van der Waals surface area contributed by atoms with Crippen LogP contribution in [0.3, 0.4) is 0 Å². The first kappa shape index (κ1) is 10.1. The largest absolute Gasteiger partial charge is 0.303 e. The maximum atomic E-state index is 2.62. The Morgan fingerprint density at radius 3 is 2.47 bits per heavy atom. The third kappa shape index (κ3) is 0.906. The Morgan fingerprint density at radius 2 is 1.87 bits per heavy atom. The maximum absolute atomic E-state index is 2.62. The Hall–Kier alpha value is -0.0400. The van der Waals surface area contributed by atoms with E-state index in [0.717, 1.165) is 11.8 Å². The molecule has 0 N–H and O–H groups in total. The molecule has 0 aromatic carbocycles. The molecule has 0 radical (unpaired) electrons. The molecule has 4 atom stereocenters. The van der Waals surface area contributed by atoms with Gasteiger partial charge in [-0.25, -0.2) is 0 Å². The van der Waals surface area contributed by atoms with Crippen molar-refractivity contribution in [3.8, 4) is 0 Å². The zero-order chi connectivity index (χ0) is 10.7. The summed E-state index contributed by atoms with van der Waals surface area (Å²) < 4.78 is 0. The van der Waals surface area contributed by atoms with Crippen LogP contribution in [0.15, 0.2) is 0 Å². The van der Waals surface area contributed by atoms with Crippen LogP contribution in [-0.4, -0.2) is 24.5 Å². The molecule has 0 heterocycles. The highest BCUT2D eigenvalue weighted by Crippen LogP contribution is 2.71. The van der Waals surface area contributed by atoms with Crippen LogP contribution >= 0.6 is 0 Å². The lowest BCUT2D eigenvalue weighted by Gasteiger charge is -2.53. The van der Waals surface area contributed by atoms with Crippen LogP contribution in [0, 0.1) is 17.3 Å². The summed E-state index contributed by atoms with van der Waals surface area (Å²) in [5.74, 6) is 2.09. The van der Waals surface area contributed by atoms with E-state index in [2.05, 4.69) is 25.9 Å². The van der Waals surface area contributed by atoms with Gasteiger partial charge in [0.05, 0.1) is 0 Å². The average Bonchev–Trinajstić information content (AvgIpc) is 2.88. The smallest absolute Gasteiger partial charge is 0.0290 e. The van der Waals surface area contributed by atoms with Gasteiger partial charge < -0.3 is 4.90 Å². The van der Waals surface area contributed by atoms with Crippen LogP contribution in [-0.2, 0) is 0 Å². The van der Waals surface area contributed by atoms with E-state index >= 15 is 0 Å². The minimum absolute atomic E-state index is 0.602. The van der Waals surface area contributed by atoms with Crippen molar-refractivity contribution in [1.29, 1.82) is 0 Å². The van der Waals surface area contributed by atoms with Gasteiger partial charge >= 0.3 is 0 Å². The van der Waals surface area contributed by atoms with Gasteiger partial charge in [0.2, 0.25) is 0 Å². The third-order valence-electron chi connectivity index (χ3n) is 6.36. The lowest BCUT2D eigenvalue weighted by molar-refractivity contribution is -0.0309. The molecule has 0 spiro atoms. The van der Waals surface area contributed by atoms with Crippen molar-refractivity contribution < 1.29 is 0 Å². The Balaban J connectivity index is 2.09. The Morgan fingerprint density at radius 1 is 1.13 bits per heavy atom. The van der Waals surface area contributed by atoms with E-state index < -0.39 is 0 Å². The molecule has 2 bridgehead atoms. The van der Waals surface area contributed by atoms with Crippen molar-refractivity contribution >= 4 is 0 Å². The molecule has 86 valence electrons. The van der Waals surface area contributed by atoms with Gasteiger partial charge in [-0.05, 0) is 69.9 Å². The van der Waals surface area contributed by atoms with Crippen LogP contribution < -0.4 is 0 Å². The first-order valence-electron chi connectivity index (χ1n) is 6.85. The molecule has 0 unspecified atom stereocenters. The van der Waals surface area contributed by atoms with E-state index in [4.69, 9.17) is 0 Å². The zero-order valence-corrected chi connectivity index (χ0v) is 10.6. The molecule has 0 aliphatic heterocycles. The molecule has 3 saturated carbocycles. The standard InChI is InChI=1S/C14H25N/c1-4-13-8-5-9-14(13,15(2)3)12-7-6-11(13)10-12/h11-12H,4-10H2,1-3H3/t11-,12+,13+,14+/m0/s1. The van der Waals surface area contributed by atoms with Gasteiger partial charge in [0.15, 0.2) is 0 Å². The number of rotatable bonds is 2. The number of hydrogen-bond acceptors (Lipinski definition) is 1. The minimum Gasteiger partial charge on any atom is -0.303 e. The second-order valence-corrected chi connectivity index (χ2v) is 6.39. The SMILES string of the molecule is CC[C@]12CCC[C@@]1(N(C)C)[C@@H]1CC[C@H]2C1. The fourth-order valence-corrected chi connectivity index (χ4v) is 6.03. The number of fused-ring (bicyclic) bond motifs is 5. The van der Waals surface area contributed by atoms with Crippen molar-refractivity contribution in [3.05, 3.63) is 0 Å². The van der Waals surface area contributed by atoms with Gasteiger partial charge in [-0.1, -0.05) is 13.3 Å². The Labute approximate surface area is 94.2 Å². The Bertz CT molecular complexity index is 273. The summed E-state index contributed by atoms with van der Waals surface area (Å²) in [6, 6.07) is 0. The van der Waals surface area contributed by atoms with E-state index in [1.807, 2.05) is 0 Å². The summed E-state index contributed by atoms with van der Waals surface area (Å²) in [4.78, 5) is 2.62. The van der Waals surface area contributed by atoms with E-state index in [0.29, 0.717) is 11.0 Å². The summed E-state index contributed by atoms with van der Waals surface area (Å²) in [5, 5.41) is 0. The van der Waals surface area contributed by atoms with Gasteiger partial charge in [-0.3, -0.25) is 0 Å². The topological polar surface area (TPSA) is 3.24 Å². The molecule has 0 aromatic heterocycles. The minimum atomic E-state index is 0.602. The predicted molar refractivity (Wildman–Crippen MR) is 63.8 cm³/mol. The average molecular weight is 207 g/mol. The van der Waals surface area contributed by atoms with Crippen molar-refractivity contribution in [2.75, 3.05) is 14.1 Å². The molecule has 0 aromatic rings. The van der Waals surface area contributed by atoms with Gasteiger partial charge in [-0.2, -0.15) is 0 Å². The zero-order valence-electron chi connectivity index (χ0n) is 10.6. The molecule has 3 fully saturated rings. The van der Waals surface area contributed by atoms with E-state index in [1.165, 1.54) is 38.5 Å². The highest BCUT2D eigenvalue weighted by Gasteiger charge is 2.68. The lowest BCUT2D eigenvalue weighted by atomic mass is 9.61. The first-order chi connectivity index (χ1) is 7.17. The second kappa shape index (κ2) is 3.00. The highest BCUT2D eigenvalue weighted by atomic mass is 15.2. The highest BCUT2D eigenvalue weighted by molar-refractivity contribution is 5.21. The summed E-state index contributed by atoms with van der Waals surface area (Å²) in [5.41, 5.74) is 1.31. The molecule has 3 aliphatic rings. The summed E-state index contributed by atoms with van der Waals surface area (Å²) in [6.45, 7) is 2.45. The molecular formula is C14H25N. The van der Waals surface area contributed by atoms with Crippen molar-refractivity contribution in [3.63, 3.8) is 0 Å². The van der Waals surface area contributed by atoms with Gasteiger partial charge in [-0.15, -0.1) is 0 Å². The fourth-order valence-electron chi connectivity index (χ4n) is 6.03. The summed E-state index contributed by atoms with van der Waals surface area (Å²) in [7, 11) is 4.69. The molecular weight excluding hydrogens is 182 g/mol. The van der Waals surface area contributed by atoms with Gasteiger partial charge in [0, 0.05) is 5.54 Å². The van der Waals surface area contributed by atoms with Crippen LogP contribution in [0.5, 0.6) is 0 Å². The van der Waals surface area contributed by atoms with Crippen molar-refractivity contribution in [2.24, 2.45) is 17.3 Å². The molecule has 3 rings (SSSR count). The van der Waals surface area contributed by atoms with E-state index in [1.54, 1.807) is 6.42 Å². The second-order valence-electron chi connectivity index (χ2n) is 6.39. The van der Waals surface area contributed by atoms with E-state index in [9.17, 15) is 0 Å². The van der Waals surface area contributed by atoms with Crippen LogP contribution in [0.1, 0.15) is 51.9 Å². The van der Waals surface area contributed by atoms with Crippen LogP contribution in [0.4, 0.5) is 0 Å². The summed E-state index contributed by atoms with van der Waals surface area (Å²) in [6.07, 6.45) is 10.5. The van der Waals surface area contributed by atoms with Gasteiger partial charge in [0.25, 0.3) is 0 Å². The molecule has 15 heavy (non-hydrogen) atoms. The maximum Gasteiger partial charge on any atom is 0.0290 e. The third-order valence-corrected chi connectivity index (χ3v) is 6.36. The van der Waals surface area contributed by atoms with Crippen LogP contribution in [0.2, 0.25) is 0 Å². The quantitative estimate of drug-likeness (QED) is 0.671. The number of nitrogens with zero attached hydrogens (tertiary/aromatic N) is 1. The predicted octanol–water partition coefficient (Wildman–Crippen LogP) is 3.30. The molecule has 3 aliphatic carbocycles. The van der Waals surface area contributed by atoms with Crippen molar-refractivity contribution in [1.82, 2.24) is 4.90 Å². The summed E-state index contributed by atoms with van der Waals surface area (Å²) >= 11 is 0. The lowest BCUT2D eigenvalue weighted by Crippen LogP contribution is -2.57. The van der Waals surface area contributed by atoms with E-state index in [-0.39, 0.29) is 0 Å². The van der Waals surface area contributed by atoms with Crippen molar-refractivity contribution in [2.45, 2.75) is 57.4 Å². The first-order valence-corrected chi connectivity index (χ1v) is 6.85.